The normalized spacial score (nSPS) is 15.9. The van der Waals surface area contributed by atoms with Crippen LogP contribution in [0.15, 0.2) is 24.3 Å². The molecule has 0 unspecified atom stereocenters. The van der Waals surface area contributed by atoms with Crippen molar-refractivity contribution in [3.05, 3.63) is 34.2 Å². The van der Waals surface area contributed by atoms with E-state index in [-0.39, 0.29) is 5.35 Å². The minimum atomic E-state index is -0.459. The number of ether oxygens (including phenoxy) is 1. The van der Waals surface area contributed by atoms with Crippen LogP contribution in [0.3, 0.4) is 0 Å². The lowest BCUT2D eigenvalue weighted by Gasteiger charge is -2.05. The van der Waals surface area contributed by atoms with Crippen LogP contribution in [-0.4, -0.2) is 12.1 Å². The molecular formula is C10H9N2O2S-. The highest BCUT2D eigenvalue weighted by molar-refractivity contribution is 7.13. The second kappa shape index (κ2) is 3.78. The van der Waals surface area contributed by atoms with Gasteiger partial charge in [-0.05, 0) is 12.7 Å². The van der Waals surface area contributed by atoms with Crippen molar-refractivity contribution >= 4 is 28.0 Å². The van der Waals surface area contributed by atoms with Crippen molar-refractivity contribution in [1.82, 2.24) is 4.98 Å². The van der Waals surface area contributed by atoms with Gasteiger partial charge in [0.15, 0.2) is 5.13 Å². The number of methoxy groups -OCH3 is 1. The van der Waals surface area contributed by atoms with Crippen LogP contribution in [0.4, 0.5) is 5.13 Å². The summed E-state index contributed by atoms with van der Waals surface area (Å²) in [5, 5.41) is 12.1. The summed E-state index contributed by atoms with van der Waals surface area (Å²) >= 11 is 1.28. The Morgan fingerprint density at radius 1 is 1.47 bits per heavy atom. The van der Waals surface area contributed by atoms with Crippen LogP contribution in [0, 0.1) is 0 Å². The van der Waals surface area contributed by atoms with Crippen molar-refractivity contribution in [2.45, 2.75) is 0 Å². The molecule has 1 aromatic rings. The minimum Gasteiger partial charge on any atom is -0.615 e. The number of nitrogen functional groups attached to an aromatic ring is 1. The first-order valence-electron chi connectivity index (χ1n) is 4.29. The van der Waals surface area contributed by atoms with Crippen LogP contribution in [-0.2, 0) is 4.74 Å². The molecule has 1 aliphatic carbocycles. The van der Waals surface area contributed by atoms with Gasteiger partial charge in [-0.15, -0.1) is 0 Å². The van der Waals surface area contributed by atoms with Crippen LogP contribution in [0.2, 0.25) is 0 Å². The lowest BCUT2D eigenvalue weighted by molar-refractivity contribution is -0.288. The van der Waals surface area contributed by atoms with Crippen molar-refractivity contribution in [3.8, 4) is 0 Å². The largest absolute Gasteiger partial charge is 0.615 e. The van der Waals surface area contributed by atoms with E-state index in [2.05, 4.69) is 9.72 Å². The van der Waals surface area contributed by atoms with Crippen molar-refractivity contribution in [2.24, 2.45) is 0 Å². The Balaban J connectivity index is 2.84. The third kappa shape index (κ3) is 1.73. The number of thiazole rings is 1. The lowest BCUT2D eigenvalue weighted by Crippen LogP contribution is -2.31. The molecule has 1 aromatic heterocycles. The number of rotatable bonds is 1. The molecule has 78 valence electrons. The summed E-state index contributed by atoms with van der Waals surface area (Å²) in [6.45, 7) is 0. The van der Waals surface area contributed by atoms with Gasteiger partial charge in [-0.25, -0.2) is 4.98 Å². The Bertz CT molecular complexity index is 540. The predicted molar refractivity (Wildman–Crippen MR) is 57.9 cm³/mol. The average molecular weight is 221 g/mol. The van der Waals surface area contributed by atoms with Crippen LogP contribution >= 0.6 is 11.3 Å². The van der Waals surface area contributed by atoms with E-state index in [0.29, 0.717) is 5.13 Å². The smallest absolute Gasteiger partial charge is 0.181 e. The van der Waals surface area contributed by atoms with Crippen LogP contribution in [0.1, 0.15) is 0 Å². The van der Waals surface area contributed by atoms with Gasteiger partial charge in [0, 0.05) is 0 Å². The number of nitrogens with two attached hydrogens (primary N) is 1. The molecule has 0 atom stereocenters. The average Bonchev–Trinajstić information content (AvgIpc) is 2.84. The third-order valence-electron chi connectivity index (χ3n) is 1.95. The molecule has 1 aliphatic rings. The number of aromatic nitrogens is 1. The second-order valence-electron chi connectivity index (χ2n) is 2.89. The third-order valence-corrected chi connectivity index (χ3v) is 2.88. The van der Waals surface area contributed by atoms with E-state index in [1.54, 1.807) is 0 Å². The quantitative estimate of drug-likeness (QED) is 0.665. The maximum Gasteiger partial charge on any atom is 0.181 e. The molecule has 0 radical (unpaired) electrons. The molecule has 0 aromatic carbocycles. The second-order valence-corrected chi connectivity index (χ2v) is 3.93. The van der Waals surface area contributed by atoms with Gasteiger partial charge in [-0.2, -0.15) is 0 Å². The summed E-state index contributed by atoms with van der Waals surface area (Å²) < 4.78 is 5.39. The van der Waals surface area contributed by atoms with E-state index in [9.17, 15) is 5.11 Å². The summed E-state index contributed by atoms with van der Waals surface area (Å²) in [4.78, 5) is 3.96. The lowest BCUT2D eigenvalue weighted by atomic mass is 10.3. The summed E-state index contributed by atoms with van der Waals surface area (Å²) in [7, 11) is 1.33. The van der Waals surface area contributed by atoms with Crippen molar-refractivity contribution in [2.75, 3.05) is 12.8 Å². The Kier molecular flexibility index (Phi) is 2.47. The molecular weight excluding hydrogens is 212 g/mol. The van der Waals surface area contributed by atoms with Crippen LogP contribution < -0.4 is 20.7 Å². The standard InChI is InChI=1S/C10H10N2O2S/c1-14-9(13)7-8(15-10(11)12-7)6-4-2-3-5-6/h2-5,13H,1H3,(H2,11,12)/p-1. The maximum absolute atomic E-state index is 11.4. The highest BCUT2D eigenvalue weighted by atomic mass is 32.1. The van der Waals surface area contributed by atoms with Gasteiger partial charge in [0.1, 0.15) is 5.35 Å². The van der Waals surface area contributed by atoms with E-state index >= 15 is 0 Å². The zero-order chi connectivity index (χ0) is 10.8. The summed E-state index contributed by atoms with van der Waals surface area (Å²) in [5.41, 5.74) is 6.51. The molecule has 0 saturated carbocycles. The molecule has 1 heterocycles. The molecule has 0 fully saturated rings. The summed E-state index contributed by atoms with van der Waals surface area (Å²) in [6, 6.07) is 0. The molecule has 0 bridgehead atoms. The van der Waals surface area contributed by atoms with Gasteiger partial charge in [0.2, 0.25) is 0 Å². The zero-order valence-electron chi connectivity index (χ0n) is 8.06. The first-order valence-corrected chi connectivity index (χ1v) is 5.10. The van der Waals surface area contributed by atoms with Gasteiger partial charge in [0.25, 0.3) is 0 Å². The van der Waals surface area contributed by atoms with E-state index < -0.39 is 5.95 Å². The fourth-order valence-electron chi connectivity index (χ4n) is 1.29. The first kappa shape index (κ1) is 9.79. The molecule has 5 heteroatoms. The van der Waals surface area contributed by atoms with Gasteiger partial charge >= 0.3 is 0 Å². The van der Waals surface area contributed by atoms with Crippen molar-refractivity contribution in [3.63, 3.8) is 0 Å². The molecule has 0 spiro atoms. The molecule has 0 saturated heterocycles. The summed E-state index contributed by atoms with van der Waals surface area (Å²) in [5.74, 6) is -0.459. The zero-order valence-corrected chi connectivity index (χ0v) is 8.88. The van der Waals surface area contributed by atoms with Gasteiger partial charge in [-0.3, -0.25) is 0 Å². The number of allylic oxidation sites excluding steroid dienone is 4. The Labute approximate surface area is 90.3 Å². The maximum atomic E-state index is 11.4. The van der Waals surface area contributed by atoms with Gasteiger partial charge in [-0.1, -0.05) is 35.6 Å². The topological polar surface area (TPSA) is 71.2 Å². The van der Waals surface area contributed by atoms with E-state index in [4.69, 9.17) is 5.73 Å². The Morgan fingerprint density at radius 3 is 2.73 bits per heavy atom. The Morgan fingerprint density at radius 2 is 2.13 bits per heavy atom. The minimum absolute atomic E-state index is 0.284. The first-order chi connectivity index (χ1) is 7.22. The molecule has 2 N–H and O–H groups in total. The van der Waals surface area contributed by atoms with Gasteiger partial charge in [0.05, 0.1) is 10.5 Å². The van der Waals surface area contributed by atoms with Crippen LogP contribution in [0.5, 0.6) is 0 Å². The number of hydrogen-bond donors (Lipinski definition) is 1. The molecule has 15 heavy (non-hydrogen) atoms. The van der Waals surface area contributed by atoms with Gasteiger partial charge < -0.3 is 15.6 Å². The van der Waals surface area contributed by atoms with Crippen molar-refractivity contribution in [1.29, 1.82) is 0 Å². The molecule has 4 nitrogen and oxygen atoms in total. The highest BCUT2D eigenvalue weighted by Gasteiger charge is 2.02. The highest BCUT2D eigenvalue weighted by Crippen LogP contribution is 2.08. The SMILES string of the molecule is COC([O-])=c1nc(N)sc1=C1C=CC=C1. The molecule has 2 rings (SSSR count). The van der Waals surface area contributed by atoms with Crippen LogP contribution in [0.25, 0.3) is 11.5 Å². The van der Waals surface area contributed by atoms with E-state index in [0.717, 1.165) is 10.1 Å². The Hall–Kier alpha value is -1.75. The summed E-state index contributed by atoms with van der Waals surface area (Å²) in [6.07, 6.45) is 7.59. The monoisotopic (exact) mass is 221 g/mol. The van der Waals surface area contributed by atoms with E-state index in [1.165, 1.54) is 18.4 Å². The predicted octanol–water partition coefficient (Wildman–Crippen LogP) is -0.926. The number of hydrogen-bond acceptors (Lipinski definition) is 5. The van der Waals surface area contributed by atoms with Crippen molar-refractivity contribution < 1.29 is 9.84 Å². The molecule has 0 aliphatic heterocycles. The number of anilines is 1. The number of nitrogens with zero attached hydrogens (tertiary/aromatic N) is 1. The fourth-order valence-corrected chi connectivity index (χ4v) is 2.12. The van der Waals surface area contributed by atoms with E-state index in [1.807, 2.05) is 24.3 Å². The fraction of sp³-hybridized carbons (Fsp3) is 0.100. The molecule has 0 amide bonds.